The molecule has 0 saturated carbocycles. The fourth-order valence-electron chi connectivity index (χ4n) is 2.20. The molecular formula is C17H16N2O3S. The zero-order chi connectivity index (χ0) is 16.2. The summed E-state index contributed by atoms with van der Waals surface area (Å²) in [5, 5.41) is 5.22. The zero-order valence-electron chi connectivity index (χ0n) is 12.8. The van der Waals surface area contributed by atoms with Gasteiger partial charge in [-0.15, -0.1) is 11.3 Å². The minimum Gasteiger partial charge on any atom is -0.496 e. The van der Waals surface area contributed by atoms with Crippen LogP contribution in [-0.4, -0.2) is 18.0 Å². The molecule has 1 N–H and O–H groups in total. The minimum atomic E-state index is -0.133. The number of aromatic nitrogens is 1. The van der Waals surface area contributed by atoms with Crippen molar-refractivity contribution in [2.45, 2.75) is 13.3 Å². The SMILES string of the molecule is COc1ccccc1CC(=O)Nc1nc(-c2ccc(C)o2)cs1. The molecule has 3 aromatic rings. The van der Waals surface area contributed by atoms with E-state index in [0.717, 1.165) is 17.0 Å². The zero-order valence-corrected chi connectivity index (χ0v) is 13.6. The Morgan fingerprint density at radius 2 is 2.13 bits per heavy atom. The first-order valence-corrected chi connectivity index (χ1v) is 7.98. The summed E-state index contributed by atoms with van der Waals surface area (Å²) in [5.41, 5.74) is 1.56. The van der Waals surface area contributed by atoms with Gasteiger partial charge in [0, 0.05) is 10.9 Å². The molecule has 0 unspecified atom stereocenters. The summed E-state index contributed by atoms with van der Waals surface area (Å²) >= 11 is 1.37. The maximum Gasteiger partial charge on any atom is 0.230 e. The van der Waals surface area contributed by atoms with Crippen LogP contribution < -0.4 is 10.1 Å². The first-order chi connectivity index (χ1) is 11.2. The summed E-state index contributed by atoms with van der Waals surface area (Å²) in [4.78, 5) is 16.6. The van der Waals surface area contributed by atoms with Crippen LogP contribution in [0.15, 0.2) is 46.2 Å². The van der Waals surface area contributed by atoms with Gasteiger partial charge in [0.1, 0.15) is 17.2 Å². The van der Waals surface area contributed by atoms with Crippen molar-refractivity contribution in [2.24, 2.45) is 0 Å². The number of hydrogen-bond acceptors (Lipinski definition) is 5. The molecule has 2 heterocycles. The number of thiazole rings is 1. The highest BCUT2D eigenvalue weighted by Gasteiger charge is 2.12. The fraction of sp³-hybridized carbons (Fsp3) is 0.176. The van der Waals surface area contributed by atoms with Crippen LogP contribution in [0.5, 0.6) is 5.75 Å². The normalized spacial score (nSPS) is 10.5. The monoisotopic (exact) mass is 328 g/mol. The van der Waals surface area contributed by atoms with E-state index in [2.05, 4.69) is 10.3 Å². The van der Waals surface area contributed by atoms with Gasteiger partial charge in [-0.2, -0.15) is 0 Å². The molecular weight excluding hydrogens is 312 g/mol. The Hall–Kier alpha value is -2.60. The molecule has 0 saturated heterocycles. The number of methoxy groups -OCH3 is 1. The number of anilines is 1. The van der Waals surface area contributed by atoms with Crippen LogP contribution in [0.3, 0.4) is 0 Å². The lowest BCUT2D eigenvalue weighted by molar-refractivity contribution is -0.115. The highest BCUT2D eigenvalue weighted by molar-refractivity contribution is 7.14. The third kappa shape index (κ3) is 3.60. The number of benzene rings is 1. The van der Waals surface area contributed by atoms with E-state index in [1.807, 2.05) is 48.7 Å². The van der Waals surface area contributed by atoms with Crippen LogP contribution in [-0.2, 0) is 11.2 Å². The molecule has 0 spiro atoms. The van der Waals surface area contributed by atoms with Crippen LogP contribution >= 0.6 is 11.3 Å². The van der Waals surface area contributed by atoms with Crippen molar-refractivity contribution in [3.8, 4) is 17.2 Å². The van der Waals surface area contributed by atoms with Crippen molar-refractivity contribution in [2.75, 3.05) is 12.4 Å². The van der Waals surface area contributed by atoms with Gasteiger partial charge in [0.05, 0.1) is 13.5 Å². The van der Waals surface area contributed by atoms with E-state index in [9.17, 15) is 4.79 Å². The average molecular weight is 328 g/mol. The molecule has 0 atom stereocenters. The number of para-hydroxylation sites is 1. The minimum absolute atomic E-state index is 0.133. The van der Waals surface area contributed by atoms with E-state index in [0.29, 0.717) is 16.6 Å². The Morgan fingerprint density at radius 3 is 2.87 bits per heavy atom. The molecule has 0 aliphatic rings. The molecule has 1 aromatic carbocycles. The molecule has 2 aromatic heterocycles. The standard InChI is InChI=1S/C17H16N2O3S/c1-11-7-8-15(22-11)13-10-23-17(18-13)19-16(20)9-12-5-3-4-6-14(12)21-2/h3-8,10H,9H2,1-2H3,(H,18,19,20). The number of hydrogen-bond donors (Lipinski definition) is 1. The summed E-state index contributed by atoms with van der Waals surface area (Å²) in [6.07, 6.45) is 0.235. The van der Waals surface area contributed by atoms with Crippen LogP contribution in [0.1, 0.15) is 11.3 Å². The molecule has 0 bridgehead atoms. The van der Waals surface area contributed by atoms with E-state index < -0.39 is 0 Å². The number of furan rings is 1. The van der Waals surface area contributed by atoms with Crippen molar-refractivity contribution >= 4 is 22.4 Å². The van der Waals surface area contributed by atoms with Crippen molar-refractivity contribution in [3.05, 3.63) is 53.1 Å². The molecule has 3 rings (SSSR count). The first kappa shape index (κ1) is 15.3. The lowest BCUT2D eigenvalue weighted by atomic mass is 10.1. The molecule has 0 aliphatic heterocycles. The Balaban J connectivity index is 1.68. The maximum atomic E-state index is 12.2. The maximum absolute atomic E-state index is 12.2. The second kappa shape index (κ2) is 6.66. The van der Waals surface area contributed by atoms with E-state index >= 15 is 0 Å². The first-order valence-electron chi connectivity index (χ1n) is 7.10. The van der Waals surface area contributed by atoms with Crippen molar-refractivity contribution in [1.29, 1.82) is 0 Å². The van der Waals surface area contributed by atoms with Gasteiger partial charge in [-0.1, -0.05) is 18.2 Å². The second-order valence-corrected chi connectivity index (χ2v) is 5.84. The molecule has 118 valence electrons. The predicted octanol–water partition coefficient (Wildman–Crippen LogP) is 3.90. The Morgan fingerprint density at radius 1 is 1.30 bits per heavy atom. The number of amides is 1. The fourth-order valence-corrected chi connectivity index (χ4v) is 2.92. The third-order valence-corrected chi connectivity index (χ3v) is 4.04. The van der Waals surface area contributed by atoms with E-state index in [1.54, 1.807) is 7.11 Å². The predicted molar refractivity (Wildman–Crippen MR) is 89.9 cm³/mol. The summed E-state index contributed by atoms with van der Waals surface area (Å²) in [5.74, 6) is 2.10. The molecule has 1 amide bonds. The Labute approximate surface area is 137 Å². The van der Waals surface area contributed by atoms with E-state index in [4.69, 9.17) is 9.15 Å². The topological polar surface area (TPSA) is 64.4 Å². The van der Waals surface area contributed by atoms with Crippen LogP contribution in [0, 0.1) is 6.92 Å². The lowest BCUT2D eigenvalue weighted by Gasteiger charge is -2.07. The van der Waals surface area contributed by atoms with Gasteiger partial charge in [-0.25, -0.2) is 4.98 Å². The summed E-state index contributed by atoms with van der Waals surface area (Å²) in [6, 6.07) is 11.2. The van der Waals surface area contributed by atoms with Gasteiger partial charge in [0.2, 0.25) is 5.91 Å². The Bertz CT molecular complexity index is 823. The van der Waals surface area contributed by atoms with Crippen molar-refractivity contribution < 1.29 is 13.9 Å². The second-order valence-electron chi connectivity index (χ2n) is 4.98. The van der Waals surface area contributed by atoms with Gasteiger partial charge in [0.25, 0.3) is 0 Å². The lowest BCUT2D eigenvalue weighted by Crippen LogP contribution is -2.14. The largest absolute Gasteiger partial charge is 0.496 e. The van der Waals surface area contributed by atoms with Crippen molar-refractivity contribution in [3.63, 3.8) is 0 Å². The average Bonchev–Trinajstić information content (AvgIpc) is 3.16. The number of aryl methyl sites for hydroxylation is 1. The van der Waals surface area contributed by atoms with Gasteiger partial charge in [-0.05, 0) is 25.1 Å². The molecule has 0 fully saturated rings. The van der Waals surface area contributed by atoms with Crippen molar-refractivity contribution in [1.82, 2.24) is 4.98 Å². The van der Waals surface area contributed by atoms with E-state index in [-0.39, 0.29) is 12.3 Å². The molecule has 6 heteroatoms. The number of nitrogens with zero attached hydrogens (tertiary/aromatic N) is 1. The number of carbonyl (C=O) groups is 1. The van der Waals surface area contributed by atoms with Gasteiger partial charge < -0.3 is 14.5 Å². The number of carbonyl (C=O) groups excluding carboxylic acids is 1. The molecule has 23 heavy (non-hydrogen) atoms. The smallest absolute Gasteiger partial charge is 0.230 e. The quantitative estimate of drug-likeness (QED) is 0.771. The molecule has 0 aliphatic carbocycles. The third-order valence-electron chi connectivity index (χ3n) is 3.29. The highest BCUT2D eigenvalue weighted by Crippen LogP contribution is 2.26. The van der Waals surface area contributed by atoms with E-state index in [1.165, 1.54) is 11.3 Å². The van der Waals surface area contributed by atoms with Gasteiger partial charge in [-0.3, -0.25) is 4.79 Å². The van der Waals surface area contributed by atoms with Gasteiger partial charge >= 0.3 is 0 Å². The molecule has 0 radical (unpaired) electrons. The summed E-state index contributed by atoms with van der Waals surface area (Å²) < 4.78 is 10.8. The number of rotatable bonds is 5. The summed E-state index contributed by atoms with van der Waals surface area (Å²) in [7, 11) is 1.59. The summed E-state index contributed by atoms with van der Waals surface area (Å²) in [6.45, 7) is 1.88. The number of nitrogens with one attached hydrogen (secondary N) is 1. The van der Waals surface area contributed by atoms with Crippen LogP contribution in [0.25, 0.3) is 11.5 Å². The number of ether oxygens (including phenoxy) is 1. The van der Waals surface area contributed by atoms with Gasteiger partial charge in [0.15, 0.2) is 10.9 Å². The highest BCUT2D eigenvalue weighted by atomic mass is 32.1. The Kier molecular flexibility index (Phi) is 4.43. The van der Waals surface area contributed by atoms with Crippen LogP contribution in [0.2, 0.25) is 0 Å². The van der Waals surface area contributed by atoms with Crippen LogP contribution in [0.4, 0.5) is 5.13 Å². The molecule has 5 nitrogen and oxygen atoms in total.